The molecule has 0 spiro atoms. The van der Waals surface area contributed by atoms with Crippen LogP contribution in [0.1, 0.15) is 54.9 Å². The number of carboxylic acids is 1. The van der Waals surface area contributed by atoms with E-state index in [-0.39, 0.29) is 17.7 Å². The highest BCUT2D eigenvalue weighted by Crippen LogP contribution is 2.17. The Morgan fingerprint density at radius 2 is 1.38 bits per heavy atom. The van der Waals surface area contributed by atoms with E-state index in [1.165, 1.54) is 6.92 Å². The van der Waals surface area contributed by atoms with Crippen molar-refractivity contribution in [2.75, 3.05) is 0 Å². The van der Waals surface area contributed by atoms with Crippen molar-refractivity contribution in [2.45, 2.75) is 54.9 Å². The van der Waals surface area contributed by atoms with E-state index in [1.807, 2.05) is 20.8 Å². The predicted octanol–water partition coefficient (Wildman–Crippen LogP) is 2.66. The molecule has 0 fully saturated rings. The third kappa shape index (κ3) is 119. The first-order chi connectivity index (χ1) is 6.88. The molecule has 0 aromatic heterocycles. The Bertz CT molecular complexity index is 186. The fourth-order valence-corrected chi connectivity index (χ4v) is 0.454. The minimum atomic E-state index is -0.725. The van der Waals surface area contributed by atoms with E-state index in [1.54, 1.807) is 0 Å². The molecule has 0 heterocycles. The van der Waals surface area contributed by atoms with E-state index in [0.29, 0.717) is 0 Å². The van der Waals surface area contributed by atoms with E-state index in [4.69, 9.17) is 5.11 Å². The second-order valence-corrected chi connectivity index (χ2v) is 5.47. The summed E-state index contributed by atoms with van der Waals surface area (Å²) in [6.07, 6.45) is 0.243. The van der Waals surface area contributed by atoms with Gasteiger partial charge in [-0.3, -0.25) is 9.59 Å². The maximum Gasteiger partial charge on any atom is 0.303 e. The van der Waals surface area contributed by atoms with Crippen molar-refractivity contribution >= 4 is 11.9 Å². The molecular weight excluding hydrogens is 206 g/mol. The van der Waals surface area contributed by atoms with Gasteiger partial charge in [0.15, 0.2) is 0 Å². The van der Waals surface area contributed by atoms with Crippen molar-refractivity contribution in [2.24, 2.45) is 17.1 Å². The summed E-state index contributed by atoms with van der Waals surface area (Å²) in [7, 11) is 0. The molecule has 98 valence electrons. The monoisotopic (exact) mass is 233 g/mol. The molecule has 4 heteroatoms. The summed E-state index contributed by atoms with van der Waals surface area (Å²) in [6, 6.07) is 0. The number of carboxylic acid groups (broad SMARTS) is 1. The van der Waals surface area contributed by atoms with Gasteiger partial charge in [-0.15, -0.1) is 0 Å². The van der Waals surface area contributed by atoms with Gasteiger partial charge in [0.25, 0.3) is 0 Å². The van der Waals surface area contributed by atoms with E-state index in [2.05, 4.69) is 26.5 Å². The Kier molecular flexibility index (Phi) is 13.3. The molecule has 0 saturated carbocycles. The Hall–Kier alpha value is -1.06. The predicted molar refractivity (Wildman–Crippen MR) is 67.1 cm³/mol. The summed E-state index contributed by atoms with van der Waals surface area (Å²) in [6.45, 7) is 13.5. The number of rotatable bonds is 1. The van der Waals surface area contributed by atoms with Crippen molar-refractivity contribution in [3.8, 4) is 0 Å². The van der Waals surface area contributed by atoms with Gasteiger partial charge in [0.05, 0.1) is 6.42 Å². The van der Waals surface area contributed by atoms with Crippen LogP contribution in [0.5, 0.6) is 0 Å². The summed E-state index contributed by atoms with van der Waals surface area (Å²) < 4.78 is 0. The summed E-state index contributed by atoms with van der Waals surface area (Å²) in [5.41, 5.74) is 4.39. The fraction of sp³-hybridized carbons (Fsp3) is 0.833. The molecule has 1 amide bonds. The molecule has 3 N–H and O–H groups in total. The second-order valence-electron chi connectivity index (χ2n) is 5.47. The summed E-state index contributed by atoms with van der Waals surface area (Å²) in [4.78, 5) is 19.2. The number of nitrogens with two attached hydrogens (primary N) is 1. The third-order valence-corrected chi connectivity index (χ3v) is 0.682. The largest absolute Gasteiger partial charge is 0.481 e. The molecule has 0 aromatic rings. The van der Waals surface area contributed by atoms with Crippen LogP contribution in [-0.4, -0.2) is 17.0 Å². The Balaban J connectivity index is -0.000000179. The molecule has 4 nitrogen and oxygen atoms in total. The molecule has 0 rings (SSSR count). The normalized spacial score (nSPS) is 9.50. The smallest absolute Gasteiger partial charge is 0.303 e. The van der Waals surface area contributed by atoms with Gasteiger partial charge < -0.3 is 10.8 Å². The van der Waals surface area contributed by atoms with E-state index in [9.17, 15) is 9.59 Å². The first kappa shape index (κ1) is 20.4. The van der Waals surface area contributed by atoms with Crippen LogP contribution in [0.2, 0.25) is 0 Å². The highest BCUT2D eigenvalue weighted by atomic mass is 16.4. The lowest BCUT2D eigenvalue weighted by Gasteiger charge is -2.13. The van der Waals surface area contributed by atoms with Crippen molar-refractivity contribution in [1.82, 2.24) is 0 Å². The Morgan fingerprint density at radius 3 is 1.38 bits per heavy atom. The molecule has 0 bridgehead atoms. The van der Waals surface area contributed by atoms with Crippen LogP contribution >= 0.6 is 0 Å². The maximum absolute atomic E-state index is 10.0. The van der Waals surface area contributed by atoms with Gasteiger partial charge in [0.1, 0.15) is 0 Å². The van der Waals surface area contributed by atoms with Crippen LogP contribution < -0.4 is 5.73 Å². The van der Waals surface area contributed by atoms with Crippen molar-refractivity contribution < 1.29 is 14.7 Å². The summed E-state index contributed by atoms with van der Waals surface area (Å²) in [5.74, 6) is -0.225. The lowest BCUT2D eigenvalue weighted by Crippen LogP contribution is -2.11. The number of amides is 1. The van der Waals surface area contributed by atoms with E-state index < -0.39 is 5.97 Å². The molecule has 0 atom stereocenters. The molecular formula is C12H27NO3. The maximum atomic E-state index is 10.0. The van der Waals surface area contributed by atoms with Gasteiger partial charge in [-0.05, 0) is 11.3 Å². The van der Waals surface area contributed by atoms with Gasteiger partial charge in [-0.2, -0.15) is 0 Å². The second kappa shape index (κ2) is 10.5. The molecule has 0 aliphatic heterocycles. The Morgan fingerprint density at radius 1 is 1.19 bits per heavy atom. The number of primary amides is 1. The highest BCUT2D eigenvalue weighted by Gasteiger charge is 2.13. The average Bonchev–Trinajstić information content (AvgIpc) is 1.74. The fourth-order valence-electron chi connectivity index (χ4n) is 0.454. The molecule has 0 aliphatic carbocycles. The molecule has 0 aromatic carbocycles. The van der Waals surface area contributed by atoms with Gasteiger partial charge >= 0.3 is 5.97 Å². The SMILES string of the molecule is CC(C)(C)CC(=O)O.CC(C)C.CC(N)=O. The first-order valence-corrected chi connectivity index (χ1v) is 5.36. The standard InChI is InChI=1S/C6H12O2.C4H10.C2H5NO/c1-6(2,3)4-5(7)8;1-4(2)3;1-2(3)4/h4H2,1-3H3,(H,7,8);4H,1-3H3;1H3,(H2,3,4). The van der Waals surface area contributed by atoms with Crippen molar-refractivity contribution in [1.29, 1.82) is 0 Å². The number of aliphatic carboxylic acids is 1. The topological polar surface area (TPSA) is 80.4 Å². The van der Waals surface area contributed by atoms with Crippen LogP contribution in [0, 0.1) is 11.3 Å². The van der Waals surface area contributed by atoms with E-state index >= 15 is 0 Å². The molecule has 0 saturated heterocycles. The zero-order valence-electron chi connectivity index (χ0n) is 11.6. The van der Waals surface area contributed by atoms with Gasteiger partial charge in [0, 0.05) is 6.92 Å². The lowest BCUT2D eigenvalue weighted by atomic mass is 9.93. The molecule has 16 heavy (non-hydrogen) atoms. The van der Waals surface area contributed by atoms with Gasteiger partial charge in [-0.1, -0.05) is 41.5 Å². The average molecular weight is 233 g/mol. The third-order valence-electron chi connectivity index (χ3n) is 0.682. The van der Waals surface area contributed by atoms with Crippen molar-refractivity contribution in [3.63, 3.8) is 0 Å². The van der Waals surface area contributed by atoms with Crippen LogP contribution in [0.15, 0.2) is 0 Å². The van der Waals surface area contributed by atoms with Gasteiger partial charge in [0.2, 0.25) is 5.91 Å². The molecule has 0 unspecified atom stereocenters. The summed E-state index contributed by atoms with van der Waals surface area (Å²) in [5, 5.41) is 8.25. The van der Waals surface area contributed by atoms with Crippen LogP contribution in [0.25, 0.3) is 0 Å². The molecule has 0 radical (unpaired) electrons. The van der Waals surface area contributed by atoms with Crippen LogP contribution in [-0.2, 0) is 9.59 Å². The molecule has 0 aliphatic rings. The number of carbonyl (C=O) groups excluding carboxylic acids is 1. The zero-order valence-corrected chi connectivity index (χ0v) is 11.6. The zero-order chi connectivity index (χ0) is 13.9. The van der Waals surface area contributed by atoms with Gasteiger partial charge in [-0.25, -0.2) is 0 Å². The van der Waals surface area contributed by atoms with Crippen molar-refractivity contribution in [3.05, 3.63) is 0 Å². The number of carbonyl (C=O) groups is 2. The minimum absolute atomic E-state index is 0.0775. The van der Waals surface area contributed by atoms with Crippen LogP contribution in [0.3, 0.4) is 0 Å². The Labute approximate surface area is 99.2 Å². The van der Waals surface area contributed by atoms with E-state index in [0.717, 1.165) is 5.92 Å². The summed E-state index contributed by atoms with van der Waals surface area (Å²) >= 11 is 0. The minimum Gasteiger partial charge on any atom is -0.481 e. The highest BCUT2D eigenvalue weighted by molar-refractivity contribution is 5.70. The number of hydrogen-bond acceptors (Lipinski definition) is 2. The number of hydrogen-bond donors (Lipinski definition) is 2. The first-order valence-electron chi connectivity index (χ1n) is 5.36. The van der Waals surface area contributed by atoms with Crippen LogP contribution in [0.4, 0.5) is 0 Å². The lowest BCUT2D eigenvalue weighted by molar-refractivity contribution is -0.139. The quantitative estimate of drug-likeness (QED) is 0.730.